The summed E-state index contributed by atoms with van der Waals surface area (Å²) in [6, 6.07) is 1.49. The number of fused-ring (bicyclic) bond motifs is 3. The summed E-state index contributed by atoms with van der Waals surface area (Å²) in [7, 11) is 2.19. The van der Waals surface area contributed by atoms with Crippen LogP contribution in [0.2, 0.25) is 0 Å². The first kappa shape index (κ1) is 13.8. The summed E-state index contributed by atoms with van der Waals surface area (Å²) >= 11 is 0. The molecule has 0 spiro atoms. The molecule has 3 nitrogen and oxygen atoms in total. The molecule has 0 amide bonds. The highest BCUT2D eigenvalue weighted by molar-refractivity contribution is 4.98. The van der Waals surface area contributed by atoms with Crippen molar-refractivity contribution in [1.29, 1.82) is 0 Å². The third-order valence-electron chi connectivity index (χ3n) is 5.98. The van der Waals surface area contributed by atoms with Gasteiger partial charge in [0.15, 0.2) is 0 Å². The van der Waals surface area contributed by atoms with Crippen LogP contribution < -0.4 is 5.32 Å². The Morgan fingerprint density at radius 2 is 1.95 bits per heavy atom. The number of likely N-dealkylation sites (N-methyl/N-ethyl adjacent to an activating group) is 1. The molecule has 110 valence electrons. The molecule has 3 heteroatoms. The van der Waals surface area contributed by atoms with Crippen molar-refractivity contribution in [3.05, 3.63) is 0 Å². The van der Waals surface area contributed by atoms with E-state index in [1.807, 2.05) is 0 Å². The lowest BCUT2D eigenvalue weighted by atomic mass is 9.74. The van der Waals surface area contributed by atoms with Crippen LogP contribution in [0.4, 0.5) is 0 Å². The van der Waals surface area contributed by atoms with Gasteiger partial charge in [-0.05, 0) is 31.7 Å². The van der Waals surface area contributed by atoms with Crippen LogP contribution in [0.3, 0.4) is 0 Å². The molecule has 0 radical (unpaired) electrons. The van der Waals surface area contributed by atoms with E-state index in [0.717, 1.165) is 23.9 Å². The Hall–Kier alpha value is -0.120. The minimum atomic E-state index is 0.720. The number of nitrogens with zero attached hydrogens (tertiary/aromatic N) is 2. The largest absolute Gasteiger partial charge is 0.315 e. The van der Waals surface area contributed by atoms with Crippen LogP contribution in [-0.2, 0) is 0 Å². The maximum absolute atomic E-state index is 3.70. The number of hydrogen-bond acceptors (Lipinski definition) is 3. The molecule has 0 aromatic rings. The zero-order chi connectivity index (χ0) is 13.2. The molecule has 3 saturated heterocycles. The van der Waals surface area contributed by atoms with Gasteiger partial charge in [0.2, 0.25) is 0 Å². The Morgan fingerprint density at radius 3 is 2.53 bits per heavy atom. The van der Waals surface area contributed by atoms with E-state index in [9.17, 15) is 0 Å². The quantitative estimate of drug-likeness (QED) is 0.836. The molecule has 4 unspecified atom stereocenters. The first-order valence-corrected chi connectivity index (χ1v) is 8.45. The molecule has 1 aliphatic carbocycles. The highest BCUT2D eigenvalue weighted by Crippen LogP contribution is 2.35. The van der Waals surface area contributed by atoms with E-state index in [-0.39, 0.29) is 0 Å². The smallest absolute Gasteiger partial charge is 0.0380 e. The lowest BCUT2D eigenvalue weighted by Crippen LogP contribution is -2.67. The molecule has 3 heterocycles. The lowest BCUT2D eigenvalue weighted by Gasteiger charge is -2.52. The van der Waals surface area contributed by atoms with Gasteiger partial charge >= 0.3 is 0 Å². The van der Waals surface area contributed by atoms with E-state index in [0.29, 0.717) is 0 Å². The van der Waals surface area contributed by atoms with Gasteiger partial charge < -0.3 is 5.32 Å². The summed E-state index contributed by atoms with van der Waals surface area (Å²) in [5.41, 5.74) is 0. The summed E-state index contributed by atoms with van der Waals surface area (Å²) in [6.45, 7) is 8.88. The van der Waals surface area contributed by atoms with Crippen LogP contribution in [-0.4, -0.2) is 61.7 Å². The zero-order valence-electron chi connectivity index (χ0n) is 12.8. The van der Waals surface area contributed by atoms with Crippen LogP contribution in [0, 0.1) is 11.8 Å². The second kappa shape index (κ2) is 6.11. The van der Waals surface area contributed by atoms with Gasteiger partial charge in [0, 0.05) is 44.8 Å². The lowest BCUT2D eigenvalue weighted by molar-refractivity contribution is -0.0173. The summed E-state index contributed by atoms with van der Waals surface area (Å²) in [5.74, 6) is 1.90. The van der Waals surface area contributed by atoms with Gasteiger partial charge in [0.25, 0.3) is 0 Å². The van der Waals surface area contributed by atoms with Gasteiger partial charge in [-0.25, -0.2) is 0 Å². The fraction of sp³-hybridized carbons (Fsp3) is 1.00. The molecule has 4 atom stereocenters. The van der Waals surface area contributed by atoms with Gasteiger partial charge in [-0.15, -0.1) is 0 Å². The molecular weight excluding hydrogens is 234 g/mol. The number of hydrogen-bond donors (Lipinski definition) is 1. The normalized spacial score (nSPS) is 44.2. The van der Waals surface area contributed by atoms with Crippen LogP contribution in [0.5, 0.6) is 0 Å². The van der Waals surface area contributed by atoms with E-state index in [1.54, 1.807) is 0 Å². The predicted molar refractivity (Wildman–Crippen MR) is 80.4 cm³/mol. The van der Waals surface area contributed by atoms with Crippen molar-refractivity contribution >= 4 is 0 Å². The summed E-state index contributed by atoms with van der Waals surface area (Å²) in [6.07, 6.45) is 7.23. The summed E-state index contributed by atoms with van der Waals surface area (Å²) in [4.78, 5) is 5.44. The zero-order valence-corrected chi connectivity index (χ0v) is 12.8. The Balaban J connectivity index is 1.66. The fourth-order valence-electron chi connectivity index (χ4n) is 4.77. The van der Waals surface area contributed by atoms with Crippen molar-refractivity contribution in [3.63, 3.8) is 0 Å². The van der Waals surface area contributed by atoms with Crippen molar-refractivity contribution in [1.82, 2.24) is 15.1 Å². The first-order chi connectivity index (χ1) is 9.31. The third kappa shape index (κ3) is 2.84. The molecule has 4 fully saturated rings. The average Bonchev–Trinajstić information content (AvgIpc) is 2.49. The van der Waals surface area contributed by atoms with Crippen LogP contribution in [0.25, 0.3) is 0 Å². The summed E-state index contributed by atoms with van der Waals surface area (Å²) in [5, 5.41) is 3.70. The van der Waals surface area contributed by atoms with Crippen molar-refractivity contribution in [2.75, 3.05) is 39.8 Å². The first-order valence-electron chi connectivity index (χ1n) is 8.45. The Labute approximate surface area is 118 Å². The topological polar surface area (TPSA) is 18.5 Å². The van der Waals surface area contributed by atoms with Gasteiger partial charge in [0.1, 0.15) is 0 Å². The third-order valence-corrected chi connectivity index (χ3v) is 5.98. The highest BCUT2D eigenvalue weighted by atomic mass is 15.4. The molecule has 1 N–H and O–H groups in total. The molecule has 0 aromatic heterocycles. The second-order valence-corrected chi connectivity index (χ2v) is 6.92. The predicted octanol–water partition coefficient (Wildman–Crippen LogP) is 1.79. The molecule has 4 aliphatic rings. The minimum Gasteiger partial charge on any atom is -0.315 e. The van der Waals surface area contributed by atoms with E-state index in [4.69, 9.17) is 0 Å². The molecule has 4 rings (SSSR count). The number of nitrogens with one attached hydrogen (secondary N) is 1. The average molecular weight is 265 g/mol. The van der Waals surface area contributed by atoms with Gasteiger partial charge in [-0.2, -0.15) is 0 Å². The van der Waals surface area contributed by atoms with Crippen LogP contribution in [0.15, 0.2) is 0 Å². The van der Waals surface area contributed by atoms with Gasteiger partial charge in [0.05, 0.1) is 0 Å². The molecule has 1 saturated carbocycles. The number of rotatable bonds is 4. The standard InChI is InChI=1S/C16H31N3/c1-3-13-5-4-6-14(11-13)16(17-2)15-12-18-7-9-19(15)10-8-18/h13-17H,3-12H2,1-2H3. The fourth-order valence-corrected chi connectivity index (χ4v) is 4.77. The SMILES string of the molecule is CCC1CCCC(C(NC)C2CN3CCN2CC3)C1. The van der Waals surface area contributed by atoms with E-state index >= 15 is 0 Å². The van der Waals surface area contributed by atoms with E-state index in [2.05, 4.69) is 29.1 Å². The molecule has 2 bridgehead atoms. The van der Waals surface area contributed by atoms with Crippen molar-refractivity contribution in [3.8, 4) is 0 Å². The van der Waals surface area contributed by atoms with Gasteiger partial charge in [-0.1, -0.05) is 26.2 Å². The summed E-state index contributed by atoms with van der Waals surface area (Å²) < 4.78 is 0. The van der Waals surface area contributed by atoms with E-state index < -0.39 is 0 Å². The van der Waals surface area contributed by atoms with E-state index in [1.165, 1.54) is 64.8 Å². The maximum atomic E-state index is 3.70. The van der Waals surface area contributed by atoms with Gasteiger partial charge in [-0.3, -0.25) is 9.80 Å². The Kier molecular flexibility index (Phi) is 4.45. The van der Waals surface area contributed by atoms with Crippen molar-refractivity contribution in [2.24, 2.45) is 11.8 Å². The number of piperazine rings is 3. The monoisotopic (exact) mass is 265 g/mol. The Bertz CT molecular complexity index is 286. The minimum absolute atomic E-state index is 0.720. The van der Waals surface area contributed by atoms with Crippen LogP contribution >= 0.6 is 0 Å². The van der Waals surface area contributed by atoms with Crippen LogP contribution in [0.1, 0.15) is 39.0 Å². The maximum Gasteiger partial charge on any atom is 0.0380 e. The molecular formula is C16H31N3. The molecule has 19 heavy (non-hydrogen) atoms. The molecule has 3 aliphatic heterocycles. The molecule has 0 aromatic carbocycles. The highest BCUT2D eigenvalue weighted by Gasteiger charge is 2.40. The van der Waals surface area contributed by atoms with Crippen molar-refractivity contribution in [2.45, 2.75) is 51.1 Å². The second-order valence-electron chi connectivity index (χ2n) is 6.92. The van der Waals surface area contributed by atoms with Crippen molar-refractivity contribution < 1.29 is 0 Å². The Morgan fingerprint density at radius 1 is 1.16 bits per heavy atom.